The first kappa shape index (κ1) is 15.6. The van der Waals surface area contributed by atoms with E-state index in [4.69, 9.17) is 5.73 Å². The number of pyridine rings is 1. The van der Waals surface area contributed by atoms with E-state index in [0.717, 1.165) is 11.8 Å². The van der Waals surface area contributed by atoms with E-state index in [2.05, 4.69) is 9.71 Å². The molecule has 0 fully saturated rings. The number of sulfonamides is 1. The SMILES string of the molecule is Cc1cccc(CNS(=O)(=O)c2ccc(CN)cc2F)n1. The first-order chi connectivity index (χ1) is 9.92. The lowest BCUT2D eigenvalue weighted by atomic mass is 10.2. The standard InChI is InChI=1S/C14H16FN3O2S/c1-10-3-2-4-12(18-10)9-17-21(19,20)14-6-5-11(8-16)7-13(14)15/h2-7,17H,8-9,16H2,1H3. The van der Waals surface area contributed by atoms with Crippen molar-refractivity contribution in [1.29, 1.82) is 0 Å². The molecule has 0 saturated heterocycles. The van der Waals surface area contributed by atoms with Gasteiger partial charge in [0.1, 0.15) is 10.7 Å². The average Bonchev–Trinajstić information content (AvgIpc) is 2.45. The molecule has 3 N–H and O–H groups in total. The Morgan fingerprint density at radius 3 is 2.67 bits per heavy atom. The van der Waals surface area contributed by atoms with Crippen LogP contribution in [0.4, 0.5) is 4.39 Å². The summed E-state index contributed by atoms with van der Waals surface area (Å²) in [7, 11) is -3.93. The van der Waals surface area contributed by atoms with Gasteiger partial charge in [-0.3, -0.25) is 4.98 Å². The summed E-state index contributed by atoms with van der Waals surface area (Å²) in [5, 5.41) is 0. The van der Waals surface area contributed by atoms with Crippen molar-refractivity contribution in [2.24, 2.45) is 5.73 Å². The molecule has 5 nitrogen and oxygen atoms in total. The minimum atomic E-state index is -3.93. The van der Waals surface area contributed by atoms with E-state index in [1.165, 1.54) is 12.1 Å². The van der Waals surface area contributed by atoms with Crippen LogP contribution in [0.1, 0.15) is 17.0 Å². The molecule has 0 spiro atoms. The van der Waals surface area contributed by atoms with E-state index >= 15 is 0 Å². The van der Waals surface area contributed by atoms with Crippen LogP contribution in [0.5, 0.6) is 0 Å². The monoisotopic (exact) mass is 309 g/mol. The second-order valence-corrected chi connectivity index (χ2v) is 6.30. The highest BCUT2D eigenvalue weighted by Crippen LogP contribution is 2.16. The van der Waals surface area contributed by atoms with Crippen LogP contribution in [0.2, 0.25) is 0 Å². The van der Waals surface area contributed by atoms with Gasteiger partial charge in [-0.15, -0.1) is 0 Å². The molecule has 0 bridgehead atoms. The number of hydrogen-bond acceptors (Lipinski definition) is 4. The molecule has 1 heterocycles. The van der Waals surface area contributed by atoms with Gasteiger partial charge in [-0.2, -0.15) is 0 Å². The van der Waals surface area contributed by atoms with Crippen LogP contribution in [0.25, 0.3) is 0 Å². The van der Waals surface area contributed by atoms with E-state index in [9.17, 15) is 12.8 Å². The van der Waals surface area contributed by atoms with Gasteiger partial charge in [-0.05, 0) is 36.8 Å². The normalized spacial score (nSPS) is 11.6. The van der Waals surface area contributed by atoms with Crippen molar-refractivity contribution < 1.29 is 12.8 Å². The summed E-state index contributed by atoms with van der Waals surface area (Å²) in [4.78, 5) is 3.79. The van der Waals surface area contributed by atoms with Gasteiger partial charge in [0.05, 0.1) is 12.2 Å². The van der Waals surface area contributed by atoms with Gasteiger partial charge in [0.15, 0.2) is 0 Å². The fourth-order valence-corrected chi connectivity index (χ4v) is 2.89. The van der Waals surface area contributed by atoms with Gasteiger partial charge in [-0.1, -0.05) is 12.1 Å². The molecular formula is C14H16FN3O2S. The van der Waals surface area contributed by atoms with Crippen LogP contribution in [0, 0.1) is 12.7 Å². The quantitative estimate of drug-likeness (QED) is 0.876. The Bertz CT molecular complexity index is 748. The fraction of sp³-hybridized carbons (Fsp3) is 0.214. The lowest BCUT2D eigenvalue weighted by molar-refractivity contribution is 0.555. The zero-order valence-corrected chi connectivity index (χ0v) is 12.3. The van der Waals surface area contributed by atoms with E-state index in [1.54, 1.807) is 12.1 Å². The van der Waals surface area contributed by atoms with Crippen molar-refractivity contribution in [2.75, 3.05) is 0 Å². The third-order valence-electron chi connectivity index (χ3n) is 2.91. The van der Waals surface area contributed by atoms with E-state index in [1.807, 2.05) is 13.0 Å². The molecule has 112 valence electrons. The molecule has 1 aromatic carbocycles. The Balaban J connectivity index is 2.19. The average molecular weight is 309 g/mol. The molecule has 0 aliphatic carbocycles. The molecule has 2 aromatic rings. The molecule has 2 rings (SSSR count). The maximum atomic E-state index is 13.8. The summed E-state index contributed by atoms with van der Waals surface area (Å²) in [5.74, 6) is -0.817. The number of benzene rings is 1. The van der Waals surface area contributed by atoms with E-state index in [-0.39, 0.29) is 13.1 Å². The number of nitrogens with one attached hydrogen (secondary N) is 1. The highest BCUT2D eigenvalue weighted by Gasteiger charge is 2.19. The summed E-state index contributed by atoms with van der Waals surface area (Å²) in [5.41, 5.74) is 7.27. The number of hydrogen-bond donors (Lipinski definition) is 2. The van der Waals surface area contributed by atoms with Crippen molar-refractivity contribution in [1.82, 2.24) is 9.71 Å². The molecule has 21 heavy (non-hydrogen) atoms. The molecule has 1 aromatic heterocycles. The summed E-state index contributed by atoms with van der Waals surface area (Å²) in [6, 6.07) is 9.11. The van der Waals surface area contributed by atoms with Gasteiger partial charge >= 0.3 is 0 Å². The second-order valence-electron chi connectivity index (χ2n) is 4.56. The van der Waals surface area contributed by atoms with Gasteiger partial charge < -0.3 is 5.73 Å². The number of nitrogens with two attached hydrogens (primary N) is 1. The number of nitrogens with zero attached hydrogens (tertiary/aromatic N) is 1. The minimum Gasteiger partial charge on any atom is -0.326 e. The number of rotatable bonds is 5. The summed E-state index contributed by atoms with van der Waals surface area (Å²) in [6.45, 7) is 1.96. The van der Waals surface area contributed by atoms with Crippen molar-refractivity contribution >= 4 is 10.0 Å². The zero-order chi connectivity index (χ0) is 15.5. The first-order valence-electron chi connectivity index (χ1n) is 6.33. The predicted octanol–water partition coefficient (Wildman–Crippen LogP) is 1.47. The maximum Gasteiger partial charge on any atom is 0.243 e. The van der Waals surface area contributed by atoms with Crippen molar-refractivity contribution in [2.45, 2.75) is 24.9 Å². The van der Waals surface area contributed by atoms with Gasteiger partial charge in [0, 0.05) is 12.2 Å². The lowest BCUT2D eigenvalue weighted by Crippen LogP contribution is -2.24. The highest BCUT2D eigenvalue weighted by molar-refractivity contribution is 7.89. The minimum absolute atomic E-state index is 0.00208. The third kappa shape index (κ3) is 3.84. The first-order valence-corrected chi connectivity index (χ1v) is 7.81. The Hall–Kier alpha value is -1.83. The fourth-order valence-electron chi connectivity index (χ4n) is 1.83. The predicted molar refractivity (Wildman–Crippen MR) is 77.3 cm³/mol. The van der Waals surface area contributed by atoms with E-state index < -0.39 is 20.7 Å². The Labute approximate surface area is 123 Å². The Kier molecular flexibility index (Phi) is 4.66. The molecule has 0 unspecified atom stereocenters. The number of aryl methyl sites for hydroxylation is 1. The molecule has 0 saturated carbocycles. The molecular weight excluding hydrogens is 293 g/mol. The van der Waals surface area contributed by atoms with Crippen LogP contribution in [0.3, 0.4) is 0 Å². The molecule has 0 radical (unpaired) electrons. The molecule has 0 aliphatic heterocycles. The number of aromatic nitrogens is 1. The van der Waals surface area contributed by atoms with E-state index in [0.29, 0.717) is 11.3 Å². The van der Waals surface area contributed by atoms with Gasteiger partial charge in [0.25, 0.3) is 0 Å². The van der Waals surface area contributed by atoms with Crippen LogP contribution in [0.15, 0.2) is 41.3 Å². The summed E-state index contributed by atoms with van der Waals surface area (Å²) < 4.78 is 40.4. The topological polar surface area (TPSA) is 85.1 Å². The lowest BCUT2D eigenvalue weighted by Gasteiger charge is -2.08. The highest BCUT2D eigenvalue weighted by atomic mass is 32.2. The number of halogens is 1. The van der Waals surface area contributed by atoms with Crippen molar-refractivity contribution in [3.63, 3.8) is 0 Å². The smallest absolute Gasteiger partial charge is 0.243 e. The summed E-state index contributed by atoms with van der Waals surface area (Å²) >= 11 is 0. The molecule has 0 amide bonds. The van der Waals surface area contributed by atoms with Crippen molar-refractivity contribution in [3.8, 4) is 0 Å². The Morgan fingerprint density at radius 1 is 1.29 bits per heavy atom. The van der Waals surface area contributed by atoms with Gasteiger partial charge in [0.2, 0.25) is 10.0 Å². The second kappa shape index (κ2) is 6.30. The Morgan fingerprint density at radius 2 is 2.05 bits per heavy atom. The van der Waals surface area contributed by atoms with Crippen LogP contribution < -0.4 is 10.5 Å². The maximum absolute atomic E-state index is 13.8. The van der Waals surface area contributed by atoms with Crippen LogP contribution in [-0.4, -0.2) is 13.4 Å². The third-order valence-corrected chi connectivity index (χ3v) is 4.35. The summed E-state index contributed by atoms with van der Waals surface area (Å²) in [6.07, 6.45) is 0. The molecule has 0 atom stereocenters. The largest absolute Gasteiger partial charge is 0.326 e. The van der Waals surface area contributed by atoms with Gasteiger partial charge in [-0.25, -0.2) is 17.5 Å². The molecule has 0 aliphatic rings. The van der Waals surface area contributed by atoms with Crippen LogP contribution >= 0.6 is 0 Å². The zero-order valence-electron chi connectivity index (χ0n) is 11.5. The van der Waals surface area contributed by atoms with Crippen LogP contribution in [-0.2, 0) is 23.1 Å². The molecule has 7 heteroatoms. The van der Waals surface area contributed by atoms with Crippen molar-refractivity contribution in [3.05, 3.63) is 59.2 Å².